The molecule has 158 valence electrons. The van der Waals surface area contributed by atoms with Gasteiger partial charge in [0.1, 0.15) is 0 Å². The van der Waals surface area contributed by atoms with E-state index in [1.165, 1.54) is 0 Å². The molecule has 1 aromatic carbocycles. The van der Waals surface area contributed by atoms with E-state index in [-0.39, 0.29) is 17.5 Å². The van der Waals surface area contributed by atoms with Crippen LogP contribution < -0.4 is 14.8 Å². The number of nitrogens with one attached hydrogen (secondary N) is 1. The summed E-state index contributed by atoms with van der Waals surface area (Å²) in [5, 5.41) is 18.1. The lowest BCUT2D eigenvalue weighted by atomic mass is 10.1. The molecule has 1 atom stereocenters. The average Bonchev–Trinajstić information content (AvgIpc) is 2.97. The highest BCUT2D eigenvalue weighted by Gasteiger charge is 2.27. The van der Waals surface area contributed by atoms with Crippen molar-refractivity contribution >= 4 is 21.8 Å². The smallest absolute Gasteiger partial charge is 0.414 e. The number of carboxylic acids is 2. The van der Waals surface area contributed by atoms with E-state index in [0.29, 0.717) is 31.2 Å². The number of aliphatic carboxylic acids is 2. The molecule has 1 aromatic rings. The second-order valence-electron chi connectivity index (χ2n) is 6.78. The molecule has 0 aliphatic carbocycles. The maximum absolute atomic E-state index is 11.5. The molecule has 0 aromatic heterocycles. The van der Waals surface area contributed by atoms with Gasteiger partial charge in [-0.3, -0.25) is 0 Å². The molecule has 0 spiro atoms. The van der Waals surface area contributed by atoms with E-state index in [2.05, 4.69) is 19.2 Å². The quantitative estimate of drug-likeness (QED) is 0.558. The fourth-order valence-electron chi connectivity index (χ4n) is 2.42. The van der Waals surface area contributed by atoms with Crippen LogP contribution in [-0.2, 0) is 26.0 Å². The predicted octanol–water partition coefficient (Wildman–Crippen LogP) is 1.16. The largest absolute Gasteiger partial charge is 0.493 e. The minimum atomic E-state index is -2.84. The second-order valence-corrected chi connectivity index (χ2v) is 9.01. The van der Waals surface area contributed by atoms with Crippen LogP contribution in [0.1, 0.15) is 25.8 Å². The lowest BCUT2D eigenvalue weighted by Crippen LogP contribution is -2.29. The summed E-state index contributed by atoms with van der Waals surface area (Å²) < 4.78 is 34.0. The van der Waals surface area contributed by atoms with Gasteiger partial charge in [0.05, 0.1) is 25.2 Å². The van der Waals surface area contributed by atoms with Gasteiger partial charge in [0.2, 0.25) is 0 Å². The summed E-state index contributed by atoms with van der Waals surface area (Å²) in [5.74, 6) is -1.24. The molecule has 2 rings (SSSR count). The highest BCUT2D eigenvalue weighted by atomic mass is 32.2. The minimum Gasteiger partial charge on any atom is -0.493 e. The van der Waals surface area contributed by atoms with E-state index < -0.39 is 21.8 Å². The zero-order valence-corrected chi connectivity index (χ0v) is 17.0. The van der Waals surface area contributed by atoms with Crippen molar-refractivity contribution in [3.8, 4) is 11.5 Å². The zero-order chi connectivity index (χ0) is 21.3. The summed E-state index contributed by atoms with van der Waals surface area (Å²) in [6.07, 6.45) is 0.690. The van der Waals surface area contributed by atoms with Crippen LogP contribution in [0.5, 0.6) is 11.5 Å². The van der Waals surface area contributed by atoms with Crippen LogP contribution in [0, 0.1) is 5.92 Å². The molecule has 1 saturated heterocycles. The van der Waals surface area contributed by atoms with Crippen molar-refractivity contribution in [2.45, 2.75) is 32.9 Å². The van der Waals surface area contributed by atoms with Crippen LogP contribution >= 0.6 is 0 Å². The Bertz CT molecular complexity index is 764. The number of benzene rings is 1. The van der Waals surface area contributed by atoms with Gasteiger partial charge >= 0.3 is 11.9 Å². The summed E-state index contributed by atoms with van der Waals surface area (Å²) in [5.41, 5.74) is 1.06. The molecule has 1 heterocycles. The van der Waals surface area contributed by atoms with Crippen molar-refractivity contribution in [1.82, 2.24) is 5.32 Å². The molecule has 28 heavy (non-hydrogen) atoms. The summed E-state index contributed by atoms with van der Waals surface area (Å²) >= 11 is 0. The molecule has 0 amide bonds. The molecule has 0 radical (unpaired) electrons. The maximum Gasteiger partial charge on any atom is 0.414 e. The average molecular weight is 417 g/mol. The Hall–Kier alpha value is -2.33. The number of carbonyl (C=O) groups is 2. The lowest BCUT2D eigenvalue weighted by molar-refractivity contribution is -0.159. The van der Waals surface area contributed by atoms with Crippen LogP contribution in [-0.4, -0.2) is 61.8 Å². The minimum absolute atomic E-state index is 0.0483. The van der Waals surface area contributed by atoms with Crippen LogP contribution in [0.2, 0.25) is 0 Å². The summed E-state index contributed by atoms with van der Waals surface area (Å²) in [6.45, 7) is 5.45. The fraction of sp³-hybridized carbons (Fsp3) is 0.556. The van der Waals surface area contributed by atoms with Gasteiger partial charge in [0, 0.05) is 12.6 Å². The molecule has 0 saturated carbocycles. The Labute approximate surface area is 164 Å². The van der Waals surface area contributed by atoms with Gasteiger partial charge in [-0.25, -0.2) is 18.0 Å². The predicted molar refractivity (Wildman–Crippen MR) is 102 cm³/mol. The number of ether oxygens (including phenoxy) is 2. The van der Waals surface area contributed by atoms with E-state index in [1.54, 1.807) is 7.11 Å². The van der Waals surface area contributed by atoms with Crippen molar-refractivity contribution in [1.29, 1.82) is 0 Å². The molecule has 1 aliphatic rings. The van der Waals surface area contributed by atoms with Crippen molar-refractivity contribution < 1.29 is 37.7 Å². The number of carboxylic acid groups (broad SMARTS) is 2. The molecule has 3 N–H and O–H groups in total. The van der Waals surface area contributed by atoms with Crippen molar-refractivity contribution in [3.63, 3.8) is 0 Å². The van der Waals surface area contributed by atoms with E-state index >= 15 is 0 Å². The van der Waals surface area contributed by atoms with E-state index in [1.807, 2.05) is 18.2 Å². The first-order valence-electron chi connectivity index (χ1n) is 8.73. The van der Waals surface area contributed by atoms with Crippen LogP contribution in [0.3, 0.4) is 0 Å². The van der Waals surface area contributed by atoms with Crippen LogP contribution in [0.15, 0.2) is 18.2 Å². The number of methoxy groups -OCH3 is 1. The first-order valence-corrected chi connectivity index (χ1v) is 10.6. The lowest BCUT2D eigenvalue weighted by Gasteiger charge is -2.15. The highest BCUT2D eigenvalue weighted by Crippen LogP contribution is 2.28. The first-order chi connectivity index (χ1) is 13.0. The molecular formula is C18H27NO8S. The Morgan fingerprint density at radius 3 is 2.32 bits per heavy atom. The Kier molecular flexibility index (Phi) is 9.20. The molecule has 0 bridgehead atoms. The van der Waals surface area contributed by atoms with Gasteiger partial charge in [0.15, 0.2) is 21.3 Å². The van der Waals surface area contributed by atoms with Gasteiger partial charge in [-0.1, -0.05) is 19.9 Å². The van der Waals surface area contributed by atoms with E-state index in [4.69, 9.17) is 29.3 Å². The van der Waals surface area contributed by atoms with E-state index in [0.717, 1.165) is 11.3 Å². The van der Waals surface area contributed by atoms with E-state index in [9.17, 15) is 8.42 Å². The van der Waals surface area contributed by atoms with Crippen molar-refractivity contribution in [2.75, 3.05) is 25.2 Å². The second kappa shape index (κ2) is 10.9. The Morgan fingerprint density at radius 1 is 1.21 bits per heavy atom. The van der Waals surface area contributed by atoms with Gasteiger partial charge in [-0.15, -0.1) is 0 Å². The zero-order valence-electron chi connectivity index (χ0n) is 16.2. The standard InChI is InChI=1S/C16H25NO4S.C2H2O4/c1-12(2)10-21-16-8-13(4-5-15(16)20-3)9-17-14-6-7-22(18,19)11-14;3-1(4)2(5)6/h4-5,8,12,14,17H,6-7,9-11H2,1-3H3;(H,3,4)(H,5,6). The van der Waals surface area contributed by atoms with Crippen molar-refractivity contribution in [3.05, 3.63) is 23.8 Å². The highest BCUT2D eigenvalue weighted by molar-refractivity contribution is 7.91. The summed E-state index contributed by atoms with van der Waals surface area (Å²) in [4.78, 5) is 18.2. The topological polar surface area (TPSA) is 139 Å². The number of hydrogen-bond donors (Lipinski definition) is 3. The third-order valence-electron chi connectivity index (χ3n) is 3.81. The van der Waals surface area contributed by atoms with Crippen molar-refractivity contribution in [2.24, 2.45) is 5.92 Å². The van der Waals surface area contributed by atoms with Gasteiger partial charge in [-0.05, 0) is 30.0 Å². The third kappa shape index (κ3) is 8.57. The first kappa shape index (κ1) is 23.7. The fourth-order valence-corrected chi connectivity index (χ4v) is 4.13. The summed E-state index contributed by atoms with van der Waals surface area (Å²) in [6, 6.07) is 5.86. The normalized spacial score (nSPS) is 17.5. The third-order valence-corrected chi connectivity index (χ3v) is 5.58. The van der Waals surface area contributed by atoms with Gasteiger partial charge < -0.3 is 25.0 Å². The Morgan fingerprint density at radius 2 is 1.86 bits per heavy atom. The van der Waals surface area contributed by atoms with Gasteiger partial charge in [0.25, 0.3) is 0 Å². The molecule has 1 unspecified atom stereocenters. The monoisotopic (exact) mass is 417 g/mol. The SMILES string of the molecule is COc1ccc(CNC2CCS(=O)(=O)C2)cc1OCC(C)C.O=C(O)C(=O)O. The van der Waals surface area contributed by atoms with Crippen LogP contribution in [0.4, 0.5) is 0 Å². The number of rotatable bonds is 7. The Balaban J connectivity index is 0.000000568. The molecule has 10 heteroatoms. The summed E-state index contributed by atoms with van der Waals surface area (Å²) in [7, 11) is -1.22. The molecule has 1 aliphatic heterocycles. The van der Waals surface area contributed by atoms with Crippen LogP contribution in [0.25, 0.3) is 0 Å². The number of hydrogen-bond acceptors (Lipinski definition) is 7. The molecule has 1 fully saturated rings. The molecule has 9 nitrogen and oxygen atoms in total. The maximum atomic E-state index is 11.5. The van der Waals surface area contributed by atoms with Gasteiger partial charge in [-0.2, -0.15) is 0 Å². The molecular weight excluding hydrogens is 390 g/mol. The number of sulfone groups is 1.